The van der Waals surface area contributed by atoms with Crippen LogP contribution >= 0.6 is 0 Å². The van der Waals surface area contributed by atoms with Crippen LogP contribution in [0.15, 0.2) is 116 Å². The summed E-state index contributed by atoms with van der Waals surface area (Å²) in [5.74, 6) is 2.14. The summed E-state index contributed by atoms with van der Waals surface area (Å²) in [6, 6.07) is 40.3. The maximum atomic E-state index is 6.52. The molecular weight excluding hydrogens is 762 g/mol. The van der Waals surface area contributed by atoms with E-state index < -0.39 is 0 Å². The van der Waals surface area contributed by atoms with Crippen molar-refractivity contribution >= 4 is 49.3 Å². The number of ether oxygens (including phenoxy) is 1. The summed E-state index contributed by atoms with van der Waals surface area (Å²) in [7, 11) is 0. The topological polar surface area (TPSA) is 57.2 Å². The Hall–Kier alpha value is -5.32. The van der Waals surface area contributed by atoms with Crippen LogP contribution in [0.25, 0.3) is 66.3 Å². The zero-order valence-electron chi connectivity index (χ0n) is 25.4. The minimum Gasteiger partial charge on any atom is -0.503 e. The minimum absolute atomic E-state index is 0. The van der Waals surface area contributed by atoms with Crippen LogP contribution in [0.3, 0.4) is 0 Å². The van der Waals surface area contributed by atoms with Crippen molar-refractivity contribution in [1.82, 2.24) is 23.9 Å². The van der Waals surface area contributed by atoms with Crippen LogP contribution < -0.4 is 4.74 Å². The van der Waals surface area contributed by atoms with Gasteiger partial charge in [0, 0.05) is 52.1 Å². The first-order valence-corrected chi connectivity index (χ1v) is 15.4. The molecule has 47 heavy (non-hydrogen) atoms. The van der Waals surface area contributed by atoms with Gasteiger partial charge < -0.3 is 13.7 Å². The van der Waals surface area contributed by atoms with E-state index in [1.165, 1.54) is 22.0 Å². The molecular formula is C40H25N5OPt. The number of imidazole rings is 1. The third-order valence-corrected chi connectivity index (χ3v) is 9.46. The van der Waals surface area contributed by atoms with Crippen molar-refractivity contribution in [2.75, 3.05) is 0 Å². The molecule has 1 aliphatic rings. The summed E-state index contributed by atoms with van der Waals surface area (Å²) < 4.78 is 10.8. The molecule has 0 fully saturated rings. The Balaban J connectivity index is 0.00000302. The predicted octanol–water partition coefficient (Wildman–Crippen LogP) is 9.22. The molecule has 1 aliphatic heterocycles. The van der Waals surface area contributed by atoms with E-state index in [1.54, 1.807) is 0 Å². The molecule has 0 atom stereocenters. The molecule has 0 saturated heterocycles. The monoisotopic (exact) mass is 786 g/mol. The number of hydrogen-bond donors (Lipinski definition) is 0. The predicted molar refractivity (Wildman–Crippen MR) is 182 cm³/mol. The molecule has 9 aromatic rings. The Morgan fingerprint density at radius 3 is 2.28 bits per heavy atom. The Kier molecular flexibility index (Phi) is 6.00. The van der Waals surface area contributed by atoms with Gasteiger partial charge >= 0.3 is 21.1 Å². The second kappa shape index (κ2) is 10.1. The van der Waals surface area contributed by atoms with Gasteiger partial charge in [0.2, 0.25) is 0 Å². The van der Waals surface area contributed by atoms with Gasteiger partial charge in [0.15, 0.2) is 0 Å². The molecule has 0 N–H and O–H groups in total. The fraction of sp³-hybridized carbons (Fsp3) is 0.0750. The number of aromatic nitrogens is 5. The van der Waals surface area contributed by atoms with Gasteiger partial charge in [0.25, 0.3) is 0 Å². The minimum atomic E-state index is -0.175. The average molecular weight is 787 g/mol. The van der Waals surface area contributed by atoms with E-state index in [0.717, 1.165) is 55.4 Å². The number of benzene rings is 4. The zero-order chi connectivity index (χ0) is 30.6. The summed E-state index contributed by atoms with van der Waals surface area (Å²) in [4.78, 5) is 14.7. The molecule has 5 aromatic heterocycles. The van der Waals surface area contributed by atoms with Gasteiger partial charge in [-0.3, -0.25) is 4.98 Å². The van der Waals surface area contributed by atoms with Gasteiger partial charge in [-0.1, -0.05) is 96.9 Å². The maximum absolute atomic E-state index is 6.52. The summed E-state index contributed by atoms with van der Waals surface area (Å²) in [6.45, 7) is 4.55. The van der Waals surface area contributed by atoms with Crippen LogP contribution in [-0.4, -0.2) is 23.9 Å². The van der Waals surface area contributed by atoms with Gasteiger partial charge in [-0.05, 0) is 28.5 Å². The molecule has 0 saturated carbocycles. The summed E-state index contributed by atoms with van der Waals surface area (Å²) >= 11 is 0. The maximum Gasteiger partial charge on any atom is 2.00 e. The van der Waals surface area contributed by atoms with Crippen LogP contribution in [-0.2, 0) is 26.5 Å². The fourth-order valence-electron chi connectivity index (χ4n) is 7.27. The summed E-state index contributed by atoms with van der Waals surface area (Å²) in [5, 5.41) is 5.23. The molecule has 0 amide bonds. The molecule has 0 aliphatic carbocycles. The third-order valence-electron chi connectivity index (χ3n) is 9.46. The van der Waals surface area contributed by atoms with Crippen molar-refractivity contribution in [3.63, 3.8) is 0 Å². The number of pyridine rings is 3. The number of fused-ring (bicyclic) bond motifs is 11. The van der Waals surface area contributed by atoms with Crippen molar-refractivity contribution in [2.24, 2.45) is 0 Å². The van der Waals surface area contributed by atoms with E-state index in [2.05, 4.69) is 89.5 Å². The first-order valence-electron chi connectivity index (χ1n) is 15.4. The molecule has 0 bridgehead atoms. The fourth-order valence-corrected chi connectivity index (χ4v) is 7.27. The third kappa shape index (κ3) is 3.91. The van der Waals surface area contributed by atoms with Gasteiger partial charge in [-0.2, -0.15) is 6.07 Å². The molecule has 10 rings (SSSR count). The Labute approximate surface area is 284 Å². The molecule has 6 heterocycles. The smallest absolute Gasteiger partial charge is 0.503 e. The van der Waals surface area contributed by atoms with Crippen LogP contribution in [0.2, 0.25) is 0 Å². The number of para-hydroxylation sites is 1. The summed E-state index contributed by atoms with van der Waals surface area (Å²) in [6.07, 6.45) is 5.73. The standard InChI is InChI=1S/C40H25N5O.Pt/c1-40(2)32-13-6-11-29-28-18-16-26(22-35(28)45(36(29)32)39-33(40)14-8-20-42-39)46-25-15-17-27-30-12-7-19-41-37(30)44-23-34(24-9-4-3-5-10-24)43-38(44)31(27)21-25;/h3-20,23H,1-2H3;/q-2;+2. The zero-order valence-corrected chi connectivity index (χ0v) is 27.7. The summed E-state index contributed by atoms with van der Waals surface area (Å²) in [5.41, 5.74) is 7.97. The van der Waals surface area contributed by atoms with E-state index in [0.29, 0.717) is 11.5 Å². The normalized spacial score (nSPS) is 13.3. The van der Waals surface area contributed by atoms with Gasteiger partial charge in [-0.25, -0.2) is 9.97 Å². The number of nitrogens with zero attached hydrogens (tertiary/aromatic N) is 5. The molecule has 6 nitrogen and oxygen atoms in total. The van der Waals surface area contributed by atoms with Crippen molar-refractivity contribution in [2.45, 2.75) is 19.3 Å². The van der Waals surface area contributed by atoms with E-state index >= 15 is 0 Å². The van der Waals surface area contributed by atoms with Crippen LogP contribution in [0.5, 0.6) is 11.5 Å². The van der Waals surface area contributed by atoms with Crippen LogP contribution in [0, 0.1) is 12.1 Å². The van der Waals surface area contributed by atoms with E-state index in [1.807, 2.05) is 61.1 Å². The molecule has 4 aromatic carbocycles. The van der Waals surface area contributed by atoms with E-state index in [4.69, 9.17) is 19.7 Å². The SMILES string of the molecule is CC1(C)c2cccnc2-n2c3[c-]c(Oc4[c-]c5c(cc4)c4cccnc4n4cc(-c6ccccc6)nc54)ccc3c3cccc1c32.[Pt+2]. The molecule has 0 spiro atoms. The van der Waals surface area contributed by atoms with Crippen molar-refractivity contribution < 1.29 is 25.8 Å². The first kappa shape index (κ1) is 27.9. The van der Waals surface area contributed by atoms with Gasteiger partial charge in [0.1, 0.15) is 11.5 Å². The first-order chi connectivity index (χ1) is 22.6. The average Bonchev–Trinajstić information content (AvgIpc) is 3.69. The molecule has 7 heteroatoms. The van der Waals surface area contributed by atoms with Gasteiger partial charge in [0.05, 0.1) is 11.3 Å². The number of hydrogen-bond acceptors (Lipinski definition) is 4. The van der Waals surface area contributed by atoms with Crippen molar-refractivity contribution in [3.05, 3.63) is 139 Å². The second-order valence-corrected chi connectivity index (χ2v) is 12.4. The second-order valence-electron chi connectivity index (χ2n) is 12.4. The molecule has 226 valence electrons. The Morgan fingerprint density at radius 2 is 1.40 bits per heavy atom. The number of rotatable bonds is 3. The quantitative estimate of drug-likeness (QED) is 0.133. The Bertz CT molecular complexity index is 2710. The Morgan fingerprint density at radius 1 is 0.660 bits per heavy atom. The molecule has 0 radical (unpaired) electrons. The van der Waals surface area contributed by atoms with E-state index in [-0.39, 0.29) is 26.5 Å². The molecule has 0 unspecified atom stereocenters. The van der Waals surface area contributed by atoms with Crippen LogP contribution in [0.4, 0.5) is 0 Å². The van der Waals surface area contributed by atoms with Crippen LogP contribution in [0.1, 0.15) is 25.0 Å². The van der Waals surface area contributed by atoms with Crippen molar-refractivity contribution in [3.8, 4) is 28.6 Å². The van der Waals surface area contributed by atoms with E-state index in [9.17, 15) is 0 Å². The van der Waals surface area contributed by atoms with Crippen molar-refractivity contribution in [1.29, 1.82) is 0 Å². The van der Waals surface area contributed by atoms with Gasteiger partial charge in [-0.15, -0.1) is 29.7 Å². The largest absolute Gasteiger partial charge is 2.00 e.